The second-order valence-electron chi connectivity index (χ2n) is 4.01. The van der Waals surface area contributed by atoms with Gasteiger partial charge in [-0.1, -0.05) is 0 Å². The average molecular weight is 241 g/mol. The van der Waals surface area contributed by atoms with E-state index in [9.17, 15) is 9.50 Å². The Kier molecular flexibility index (Phi) is 3.88. The van der Waals surface area contributed by atoms with Crippen molar-refractivity contribution in [1.29, 1.82) is 0 Å². The van der Waals surface area contributed by atoms with E-state index < -0.39 is 18.5 Å². The number of aliphatic hydroxyl groups is 2. The summed E-state index contributed by atoms with van der Waals surface area (Å²) in [6.07, 6.45) is 0.329. The van der Waals surface area contributed by atoms with Crippen LogP contribution in [0.3, 0.4) is 0 Å². The number of aromatic nitrogens is 1. The van der Waals surface area contributed by atoms with Gasteiger partial charge in [-0.2, -0.15) is 0 Å². The fourth-order valence-corrected chi connectivity index (χ4v) is 1.84. The van der Waals surface area contributed by atoms with Crippen LogP contribution in [0.25, 0.3) is 0 Å². The monoisotopic (exact) mass is 241 g/mol. The molecule has 1 aliphatic heterocycles. The highest BCUT2D eigenvalue weighted by Crippen LogP contribution is 2.20. The summed E-state index contributed by atoms with van der Waals surface area (Å²) < 4.78 is 13.8. The highest BCUT2D eigenvalue weighted by Gasteiger charge is 2.17. The summed E-state index contributed by atoms with van der Waals surface area (Å²) in [5.41, 5.74) is 0.295. The van der Waals surface area contributed by atoms with Crippen molar-refractivity contribution < 1.29 is 14.6 Å². The van der Waals surface area contributed by atoms with E-state index in [0.717, 1.165) is 13.1 Å². The van der Waals surface area contributed by atoms with Crippen molar-refractivity contribution in [3.05, 3.63) is 23.6 Å². The minimum absolute atomic E-state index is 0.295. The second kappa shape index (κ2) is 5.39. The summed E-state index contributed by atoms with van der Waals surface area (Å²) >= 11 is 0. The predicted molar refractivity (Wildman–Crippen MR) is 61.3 cm³/mol. The molecule has 2 rings (SSSR count). The zero-order chi connectivity index (χ0) is 12.3. The molecule has 5 nitrogen and oxygen atoms in total. The molecule has 0 radical (unpaired) electrons. The second-order valence-corrected chi connectivity index (χ2v) is 4.01. The molecule has 1 fully saturated rings. The molecule has 6 heteroatoms. The number of nitrogens with one attached hydrogen (secondary N) is 1. The number of rotatable bonds is 3. The minimum atomic E-state index is -1.07. The molecule has 1 atom stereocenters. The summed E-state index contributed by atoms with van der Waals surface area (Å²) in [5, 5.41) is 21.3. The van der Waals surface area contributed by atoms with Gasteiger partial charge in [0.15, 0.2) is 11.6 Å². The summed E-state index contributed by atoms with van der Waals surface area (Å²) in [7, 11) is 0. The molecule has 0 bridgehead atoms. The maximum atomic E-state index is 13.8. The zero-order valence-electron chi connectivity index (χ0n) is 9.43. The third kappa shape index (κ3) is 2.71. The van der Waals surface area contributed by atoms with Crippen molar-refractivity contribution in [3.63, 3.8) is 0 Å². The number of piperazine rings is 1. The maximum absolute atomic E-state index is 13.8. The van der Waals surface area contributed by atoms with Gasteiger partial charge in [0.1, 0.15) is 6.10 Å². The van der Waals surface area contributed by atoms with Crippen LogP contribution in [-0.4, -0.2) is 48.0 Å². The molecule has 0 aliphatic carbocycles. The van der Waals surface area contributed by atoms with Crippen LogP contribution in [0.1, 0.15) is 11.7 Å². The molecule has 94 valence electrons. The first kappa shape index (κ1) is 12.2. The van der Waals surface area contributed by atoms with Gasteiger partial charge in [0.2, 0.25) is 0 Å². The fraction of sp³-hybridized carbons (Fsp3) is 0.545. The molecular formula is C11H16FN3O2. The minimum Gasteiger partial charge on any atom is -0.393 e. The van der Waals surface area contributed by atoms with Gasteiger partial charge < -0.3 is 20.4 Å². The van der Waals surface area contributed by atoms with E-state index in [1.165, 1.54) is 12.3 Å². The van der Waals surface area contributed by atoms with Gasteiger partial charge in [-0.15, -0.1) is 0 Å². The van der Waals surface area contributed by atoms with Crippen LogP contribution < -0.4 is 10.2 Å². The Hall–Kier alpha value is -1.24. The SMILES string of the molecule is OC[C@H](O)c1cnc(N2CCNCC2)c(F)c1. The molecule has 17 heavy (non-hydrogen) atoms. The largest absolute Gasteiger partial charge is 0.393 e. The quantitative estimate of drug-likeness (QED) is 0.675. The summed E-state index contributed by atoms with van der Waals surface area (Å²) in [6.45, 7) is 2.61. The zero-order valence-corrected chi connectivity index (χ0v) is 9.43. The first-order valence-corrected chi connectivity index (χ1v) is 5.62. The van der Waals surface area contributed by atoms with Gasteiger partial charge in [0, 0.05) is 37.9 Å². The van der Waals surface area contributed by atoms with E-state index in [2.05, 4.69) is 10.3 Å². The van der Waals surface area contributed by atoms with Gasteiger partial charge >= 0.3 is 0 Å². The molecule has 0 aromatic carbocycles. The lowest BCUT2D eigenvalue weighted by molar-refractivity contribution is 0.0951. The predicted octanol–water partition coefficient (Wildman–Crippen LogP) is -0.344. The lowest BCUT2D eigenvalue weighted by atomic mass is 10.1. The van der Waals surface area contributed by atoms with Gasteiger partial charge in [-0.25, -0.2) is 9.37 Å². The lowest BCUT2D eigenvalue weighted by Crippen LogP contribution is -2.44. The fourth-order valence-electron chi connectivity index (χ4n) is 1.84. The van der Waals surface area contributed by atoms with Gasteiger partial charge in [0.05, 0.1) is 6.61 Å². The van der Waals surface area contributed by atoms with Crippen molar-refractivity contribution in [2.24, 2.45) is 0 Å². The van der Waals surface area contributed by atoms with E-state index in [1.54, 1.807) is 0 Å². The van der Waals surface area contributed by atoms with E-state index >= 15 is 0 Å². The maximum Gasteiger partial charge on any atom is 0.166 e. The normalized spacial score (nSPS) is 18.2. The molecule has 3 N–H and O–H groups in total. The first-order chi connectivity index (χ1) is 8.22. The standard InChI is InChI=1S/C11H16FN3O2/c12-9-5-8(10(17)7-16)6-14-11(9)15-3-1-13-2-4-15/h5-6,10,13,16-17H,1-4,7H2/t10-/m0/s1. The van der Waals surface area contributed by atoms with E-state index in [-0.39, 0.29) is 0 Å². The van der Waals surface area contributed by atoms with Crippen molar-refractivity contribution in [3.8, 4) is 0 Å². The Balaban J connectivity index is 2.18. The summed E-state index contributed by atoms with van der Waals surface area (Å²) in [4.78, 5) is 5.89. The molecule has 0 spiro atoms. The Morgan fingerprint density at radius 1 is 1.47 bits per heavy atom. The van der Waals surface area contributed by atoms with Crippen LogP contribution >= 0.6 is 0 Å². The van der Waals surface area contributed by atoms with Crippen molar-refractivity contribution in [2.45, 2.75) is 6.10 Å². The number of hydrogen-bond donors (Lipinski definition) is 3. The molecule has 2 heterocycles. The Labute approximate surface area is 98.9 Å². The van der Waals surface area contributed by atoms with Gasteiger partial charge in [-0.05, 0) is 6.07 Å². The molecule has 1 saturated heterocycles. The van der Waals surface area contributed by atoms with Gasteiger partial charge in [0.25, 0.3) is 0 Å². The molecule has 1 aliphatic rings. The third-order valence-corrected chi connectivity index (χ3v) is 2.82. The van der Waals surface area contributed by atoms with E-state index in [4.69, 9.17) is 5.11 Å². The smallest absolute Gasteiger partial charge is 0.166 e. The third-order valence-electron chi connectivity index (χ3n) is 2.82. The van der Waals surface area contributed by atoms with E-state index in [1.807, 2.05) is 4.90 Å². The Bertz CT molecular complexity index is 383. The summed E-state index contributed by atoms with van der Waals surface area (Å²) in [5.74, 6) is -0.155. The van der Waals surface area contributed by atoms with Crippen molar-refractivity contribution >= 4 is 5.82 Å². The van der Waals surface area contributed by atoms with E-state index in [0.29, 0.717) is 24.5 Å². The average Bonchev–Trinajstić information content (AvgIpc) is 2.38. The number of halogens is 1. The highest BCUT2D eigenvalue weighted by atomic mass is 19.1. The summed E-state index contributed by atoms with van der Waals surface area (Å²) in [6, 6.07) is 1.23. The van der Waals surface area contributed by atoms with Crippen LogP contribution in [0.4, 0.5) is 10.2 Å². The number of pyridine rings is 1. The van der Waals surface area contributed by atoms with Crippen LogP contribution in [0.2, 0.25) is 0 Å². The van der Waals surface area contributed by atoms with Crippen molar-refractivity contribution in [2.75, 3.05) is 37.7 Å². The number of anilines is 1. The highest BCUT2D eigenvalue weighted by molar-refractivity contribution is 5.42. The van der Waals surface area contributed by atoms with Gasteiger partial charge in [-0.3, -0.25) is 0 Å². The van der Waals surface area contributed by atoms with Crippen LogP contribution in [-0.2, 0) is 0 Å². The van der Waals surface area contributed by atoms with Crippen LogP contribution in [0, 0.1) is 5.82 Å². The number of aliphatic hydroxyl groups excluding tert-OH is 2. The molecular weight excluding hydrogens is 225 g/mol. The van der Waals surface area contributed by atoms with Crippen molar-refractivity contribution in [1.82, 2.24) is 10.3 Å². The van der Waals surface area contributed by atoms with Crippen LogP contribution in [0.5, 0.6) is 0 Å². The molecule has 1 aromatic heterocycles. The molecule has 0 amide bonds. The Morgan fingerprint density at radius 2 is 2.18 bits per heavy atom. The number of hydrogen-bond acceptors (Lipinski definition) is 5. The number of nitrogens with zero attached hydrogens (tertiary/aromatic N) is 2. The first-order valence-electron chi connectivity index (χ1n) is 5.62. The molecule has 0 saturated carbocycles. The van der Waals surface area contributed by atoms with Crippen LogP contribution in [0.15, 0.2) is 12.3 Å². The molecule has 0 unspecified atom stereocenters. The Morgan fingerprint density at radius 3 is 2.76 bits per heavy atom. The topological polar surface area (TPSA) is 68.6 Å². The molecule has 1 aromatic rings. The lowest BCUT2D eigenvalue weighted by Gasteiger charge is -2.28.